The molecule has 1 saturated heterocycles. The van der Waals surface area contributed by atoms with Crippen molar-refractivity contribution in [1.29, 1.82) is 0 Å². The summed E-state index contributed by atoms with van der Waals surface area (Å²) in [5.74, 6) is -1.06. The Labute approximate surface area is 145 Å². The summed E-state index contributed by atoms with van der Waals surface area (Å²) in [6, 6.07) is 3.80. The van der Waals surface area contributed by atoms with Crippen LogP contribution in [0.2, 0.25) is 0 Å². The Kier molecular flexibility index (Phi) is 5.51. The molecule has 7 heteroatoms. The lowest BCUT2D eigenvalue weighted by atomic mass is 9.60. The van der Waals surface area contributed by atoms with Gasteiger partial charge in [0.1, 0.15) is 24.9 Å². The molecule has 138 valence electrons. The standard InChI is InChI=1S/C18H23F3N2O2/c19-5-8-25-17(24)22-15-10-18(11-15)3-6-23(7-4-18)12-13-1-2-14(20)9-16(13)21/h1-2,9,15H,3-8,10-12H2,(H,22,24). The summed E-state index contributed by atoms with van der Waals surface area (Å²) in [6.07, 6.45) is 3.23. The fraction of sp³-hybridized carbons (Fsp3) is 0.611. The first-order chi connectivity index (χ1) is 12.0. The number of benzene rings is 1. The molecule has 0 radical (unpaired) electrons. The molecule has 1 heterocycles. The van der Waals surface area contributed by atoms with Gasteiger partial charge in [-0.2, -0.15) is 0 Å². The molecule has 2 fully saturated rings. The van der Waals surface area contributed by atoms with Crippen LogP contribution in [0.4, 0.5) is 18.0 Å². The molecule has 0 unspecified atom stereocenters. The van der Waals surface area contributed by atoms with Crippen molar-refractivity contribution in [1.82, 2.24) is 10.2 Å². The van der Waals surface area contributed by atoms with Crippen LogP contribution in [0.5, 0.6) is 0 Å². The molecule has 1 spiro atoms. The van der Waals surface area contributed by atoms with Gasteiger partial charge in [0.2, 0.25) is 0 Å². The molecule has 1 aromatic rings. The monoisotopic (exact) mass is 356 g/mol. The number of ether oxygens (including phenoxy) is 1. The minimum atomic E-state index is -0.674. The lowest BCUT2D eigenvalue weighted by Crippen LogP contribution is -2.54. The number of likely N-dealkylation sites (tertiary alicyclic amines) is 1. The number of alkyl carbamates (subject to hydrolysis) is 1. The number of nitrogens with one attached hydrogen (secondary N) is 1. The first-order valence-electron chi connectivity index (χ1n) is 8.65. The van der Waals surface area contributed by atoms with Gasteiger partial charge >= 0.3 is 6.09 Å². The highest BCUT2D eigenvalue weighted by atomic mass is 19.1. The topological polar surface area (TPSA) is 41.6 Å². The van der Waals surface area contributed by atoms with Gasteiger partial charge in [0, 0.05) is 24.2 Å². The van der Waals surface area contributed by atoms with Gasteiger partial charge in [0.25, 0.3) is 0 Å². The highest BCUT2D eigenvalue weighted by Gasteiger charge is 2.46. The second-order valence-electron chi connectivity index (χ2n) is 7.09. The van der Waals surface area contributed by atoms with Gasteiger partial charge in [-0.3, -0.25) is 4.90 Å². The maximum Gasteiger partial charge on any atom is 0.407 e. The van der Waals surface area contributed by atoms with Crippen molar-refractivity contribution in [3.63, 3.8) is 0 Å². The minimum Gasteiger partial charge on any atom is -0.447 e. The van der Waals surface area contributed by atoms with Crippen molar-refractivity contribution in [2.75, 3.05) is 26.4 Å². The molecule has 1 aromatic carbocycles. The second kappa shape index (κ2) is 7.64. The van der Waals surface area contributed by atoms with Crippen LogP contribution in [-0.4, -0.2) is 43.4 Å². The van der Waals surface area contributed by atoms with E-state index in [0.717, 1.165) is 44.8 Å². The van der Waals surface area contributed by atoms with E-state index in [-0.39, 0.29) is 18.1 Å². The normalized spacial score (nSPS) is 20.3. The van der Waals surface area contributed by atoms with Gasteiger partial charge in [0.05, 0.1) is 0 Å². The summed E-state index contributed by atoms with van der Waals surface area (Å²) < 4.78 is 43.4. The first-order valence-corrected chi connectivity index (χ1v) is 8.65. The number of piperidine rings is 1. The minimum absolute atomic E-state index is 0.0909. The lowest BCUT2D eigenvalue weighted by Gasteiger charge is -2.52. The van der Waals surface area contributed by atoms with Crippen molar-refractivity contribution in [2.24, 2.45) is 5.41 Å². The molecule has 1 N–H and O–H groups in total. The van der Waals surface area contributed by atoms with Crippen LogP contribution < -0.4 is 5.32 Å². The van der Waals surface area contributed by atoms with Crippen LogP contribution in [-0.2, 0) is 11.3 Å². The largest absolute Gasteiger partial charge is 0.447 e. The first kappa shape index (κ1) is 18.0. The molecular formula is C18H23F3N2O2. The Morgan fingerprint density at radius 1 is 1.28 bits per heavy atom. The summed E-state index contributed by atoms with van der Waals surface area (Å²) in [7, 11) is 0. The quantitative estimate of drug-likeness (QED) is 0.879. The summed E-state index contributed by atoms with van der Waals surface area (Å²) in [5.41, 5.74) is 0.747. The zero-order chi connectivity index (χ0) is 17.9. The van der Waals surface area contributed by atoms with E-state index in [0.29, 0.717) is 12.1 Å². The van der Waals surface area contributed by atoms with Gasteiger partial charge in [0.15, 0.2) is 0 Å². The molecule has 0 atom stereocenters. The predicted octanol–water partition coefficient (Wildman–Crippen LogP) is 3.41. The van der Waals surface area contributed by atoms with Gasteiger partial charge in [-0.15, -0.1) is 0 Å². The number of hydrogen-bond donors (Lipinski definition) is 1. The van der Waals surface area contributed by atoms with E-state index >= 15 is 0 Å². The number of hydrogen-bond acceptors (Lipinski definition) is 3. The number of halogens is 3. The van der Waals surface area contributed by atoms with Gasteiger partial charge < -0.3 is 10.1 Å². The number of alkyl halides is 1. The molecule has 4 nitrogen and oxygen atoms in total. The molecule has 1 aliphatic carbocycles. The van der Waals surface area contributed by atoms with Crippen LogP contribution in [0.1, 0.15) is 31.2 Å². The highest BCUT2D eigenvalue weighted by molar-refractivity contribution is 5.67. The van der Waals surface area contributed by atoms with E-state index in [1.807, 2.05) is 0 Å². The molecular weight excluding hydrogens is 333 g/mol. The Morgan fingerprint density at radius 3 is 2.64 bits per heavy atom. The maximum absolute atomic E-state index is 13.8. The van der Waals surface area contributed by atoms with Crippen molar-refractivity contribution < 1.29 is 22.7 Å². The number of carbonyl (C=O) groups is 1. The van der Waals surface area contributed by atoms with Crippen molar-refractivity contribution >= 4 is 6.09 Å². The van der Waals surface area contributed by atoms with Crippen molar-refractivity contribution in [2.45, 2.75) is 38.3 Å². The summed E-state index contributed by atoms with van der Waals surface area (Å²) in [5, 5.41) is 2.76. The van der Waals surface area contributed by atoms with E-state index < -0.39 is 24.4 Å². The van der Waals surface area contributed by atoms with E-state index in [2.05, 4.69) is 15.0 Å². The van der Waals surface area contributed by atoms with Crippen LogP contribution in [0.25, 0.3) is 0 Å². The predicted molar refractivity (Wildman–Crippen MR) is 86.8 cm³/mol. The summed E-state index contributed by atoms with van der Waals surface area (Å²) >= 11 is 0. The second-order valence-corrected chi connectivity index (χ2v) is 7.09. The fourth-order valence-corrected chi connectivity index (χ4v) is 3.91. The molecule has 0 aromatic heterocycles. The fourth-order valence-electron chi connectivity index (χ4n) is 3.91. The molecule has 1 aliphatic heterocycles. The molecule has 25 heavy (non-hydrogen) atoms. The summed E-state index contributed by atoms with van der Waals surface area (Å²) in [6.45, 7) is 1.32. The Balaban J connectivity index is 1.42. The maximum atomic E-state index is 13.8. The third-order valence-corrected chi connectivity index (χ3v) is 5.32. The Hall–Kier alpha value is -1.76. The molecule has 0 bridgehead atoms. The third-order valence-electron chi connectivity index (χ3n) is 5.32. The summed E-state index contributed by atoms with van der Waals surface area (Å²) in [4.78, 5) is 13.6. The number of amides is 1. The smallest absolute Gasteiger partial charge is 0.407 e. The van der Waals surface area contributed by atoms with Crippen molar-refractivity contribution in [3.05, 3.63) is 35.4 Å². The third kappa shape index (κ3) is 4.45. The van der Waals surface area contributed by atoms with Crippen LogP contribution in [0.3, 0.4) is 0 Å². The van der Waals surface area contributed by atoms with Gasteiger partial charge in [-0.05, 0) is 50.3 Å². The molecule has 3 rings (SSSR count). The van der Waals surface area contributed by atoms with Gasteiger partial charge in [-0.25, -0.2) is 18.0 Å². The average molecular weight is 356 g/mol. The van der Waals surface area contributed by atoms with E-state index in [4.69, 9.17) is 0 Å². The zero-order valence-electron chi connectivity index (χ0n) is 14.1. The van der Waals surface area contributed by atoms with E-state index in [9.17, 15) is 18.0 Å². The van der Waals surface area contributed by atoms with Crippen LogP contribution in [0.15, 0.2) is 18.2 Å². The number of carbonyl (C=O) groups excluding carboxylic acids is 1. The highest BCUT2D eigenvalue weighted by Crippen LogP contribution is 2.49. The zero-order valence-corrected chi connectivity index (χ0v) is 14.1. The lowest BCUT2D eigenvalue weighted by molar-refractivity contribution is 0.00292. The van der Waals surface area contributed by atoms with E-state index in [1.54, 1.807) is 0 Å². The van der Waals surface area contributed by atoms with Gasteiger partial charge in [-0.1, -0.05) is 6.07 Å². The Bertz CT molecular complexity index is 610. The number of rotatable bonds is 5. The molecule has 2 aliphatic rings. The van der Waals surface area contributed by atoms with Crippen LogP contribution >= 0.6 is 0 Å². The average Bonchev–Trinajstić information content (AvgIpc) is 2.56. The van der Waals surface area contributed by atoms with E-state index in [1.165, 1.54) is 12.1 Å². The van der Waals surface area contributed by atoms with Crippen molar-refractivity contribution in [3.8, 4) is 0 Å². The number of nitrogens with zero attached hydrogens (tertiary/aromatic N) is 1. The molecule has 1 amide bonds. The SMILES string of the molecule is O=C(NC1CC2(CCN(Cc3ccc(F)cc3F)CC2)C1)OCCF. The van der Waals surface area contributed by atoms with Crippen LogP contribution in [0, 0.1) is 17.0 Å². The Morgan fingerprint density at radius 2 is 2.00 bits per heavy atom. The molecule has 1 saturated carbocycles.